The van der Waals surface area contributed by atoms with Gasteiger partial charge in [0.2, 0.25) is 0 Å². The molecule has 0 aliphatic heterocycles. The van der Waals surface area contributed by atoms with Crippen molar-refractivity contribution in [3.63, 3.8) is 0 Å². The summed E-state index contributed by atoms with van der Waals surface area (Å²) in [4.78, 5) is 11.7. The summed E-state index contributed by atoms with van der Waals surface area (Å²) >= 11 is 0. The summed E-state index contributed by atoms with van der Waals surface area (Å²) in [6.07, 6.45) is 2.55. The second kappa shape index (κ2) is 3.01. The fourth-order valence-electron chi connectivity index (χ4n) is 1.49. The molecule has 14 heavy (non-hydrogen) atoms. The smallest absolute Gasteiger partial charge is 0.271 e. The fraction of sp³-hybridized carbons (Fsp3) is 0.556. The number of nitrogens with two attached hydrogens (primary N) is 1. The van der Waals surface area contributed by atoms with Crippen LogP contribution in [0.4, 0.5) is 5.69 Å². The van der Waals surface area contributed by atoms with Gasteiger partial charge in [0.05, 0.1) is 11.9 Å². The van der Waals surface area contributed by atoms with E-state index in [-0.39, 0.29) is 5.91 Å². The maximum atomic E-state index is 11.7. The van der Waals surface area contributed by atoms with Crippen molar-refractivity contribution in [2.45, 2.75) is 19.4 Å². The standard InChI is InChI=1S/C9H14N4O/c1-5-3-7(5)12-9(14)8-6(10)4-11-13(8)2/h4-5,7H,3,10H2,1-2H3,(H,12,14). The molecule has 1 aliphatic carbocycles. The van der Waals surface area contributed by atoms with E-state index < -0.39 is 0 Å². The van der Waals surface area contributed by atoms with Crippen LogP contribution >= 0.6 is 0 Å². The molecule has 2 rings (SSSR count). The van der Waals surface area contributed by atoms with Gasteiger partial charge in [-0.25, -0.2) is 0 Å². The summed E-state index contributed by atoms with van der Waals surface area (Å²) < 4.78 is 1.50. The molecular weight excluding hydrogens is 180 g/mol. The van der Waals surface area contributed by atoms with E-state index >= 15 is 0 Å². The quantitative estimate of drug-likeness (QED) is 0.703. The lowest BCUT2D eigenvalue weighted by molar-refractivity contribution is 0.0941. The third-order valence-corrected chi connectivity index (χ3v) is 2.61. The van der Waals surface area contributed by atoms with Crippen molar-refractivity contribution in [1.29, 1.82) is 0 Å². The number of carbonyl (C=O) groups excluding carboxylic acids is 1. The third-order valence-electron chi connectivity index (χ3n) is 2.61. The van der Waals surface area contributed by atoms with Gasteiger partial charge in [-0.2, -0.15) is 5.10 Å². The van der Waals surface area contributed by atoms with Gasteiger partial charge in [-0.3, -0.25) is 9.48 Å². The van der Waals surface area contributed by atoms with Crippen molar-refractivity contribution in [2.24, 2.45) is 13.0 Å². The average Bonchev–Trinajstić information content (AvgIpc) is 2.67. The van der Waals surface area contributed by atoms with Crippen molar-refractivity contribution < 1.29 is 4.79 Å². The zero-order chi connectivity index (χ0) is 10.3. The van der Waals surface area contributed by atoms with Gasteiger partial charge < -0.3 is 11.1 Å². The van der Waals surface area contributed by atoms with Crippen molar-refractivity contribution in [2.75, 3.05) is 5.73 Å². The van der Waals surface area contributed by atoms with E-state index in [9.17, 15) is 4.79 Å². The lowest BCUT2D eigenvalue weighted by Gasteiger charge is -2.04. The highest BCUT2D eigenvalue weighted by molar-refractivity contribution is 5.97. The van der Waals surface area contributed by atoms with E-state index in [0.717, 1.165) is 6.42 Å². The Balaban J connectivity index is 2.10. The van der Waals surface area contributed by atoms with Crippen LogP contribution < -0.4 is 11.1 Å². The van der Waals surface area contributed by atoms with Crippen LogP contribution in [-0.4, -0.2) is 21.7 Å². The first-order valence-corrected chi connectivity index (χ1v) is 4.68. The summed E-state index contributed by atoms with van der Waals surface area (Å²) in [5.74, 6) is 0.463. The largest absolute Gasteiger partial charge is 0.396 e. The molecule has 0 aromatic carbocycles. The van der Waals surface area contributed by atoms with Crippen LogP contribution in [0.2, 0.25) is 0 Å². The number of nitrogen functional groups attached to an aromatic ring is 1. The Kier molecular flexibility index (Phi) is 1.94. The Labute approximate surface area is 82.3 Å². The monoisotopic (exact) mass is 194 g/mol. The van der Waals surface area contributed by atoms with Gasteiger partial charge in [-0.1, -0.05) is 6.92 Å². The van der Waals surface area contributed by atoms with Gasteiger partial charge in [-0.15, -0.1) is 0 Å². The van der Waals surface area contributed by atoms with E-state index in [1.807, 2.05) is 0 Å². The van der Waals surface area contributed by atoms with Gasteiger partial charge in [0.25, 0.3) is 5.91 Å². The van der Waals surface area contributed by atoms with E-state index in [0.29, 0.717) is 23.3 Å². The normalized spacial score (nSPS) is 24.7. The Morgan fingerprint density at radius 3 is 2.86 bits per heavy atom. The van der Waals surface area contributed by atoms with Crippen molar-refractivity contribution >= 4 is 11.6 Å². The summed E-state index contributed by atoms with van der Waals surface area (Å²) in [5.41, 5.74) is 6.51. The van der Waals surface area contributed by atoms with Crippen LogP contribution in [0.5, 0.6) is 0 Å². The predicted molar refractivity (Wildman–Crippen MR) is 52.7 cm³/mol. The second-order valence-corrected chi connectivity index (χ2v) is 3.87. The summed E-state index contributed by atoms with van der Waals surface area (Å²) in [7, 11) is 1.71. The van der Waals surface area contributed by atoms with E-state index in [4.69, 9.17) is 5.73 Å². The molecule has 1 aromatic heterocycles. The molecule has 2 atom stereocenters. The number of rotatable bonds is 2. The maximum Gasteiger partial charge on any atom is 0.271 e. The van der Waals surface area contributed by atoms with E-state index in [2.05, 4.69) is 17.3 Å². The number of nitrogens with one attached hydrogen (secondary N) is 1. The number of carbonyl (C=O) groups is 1. The molecule has 0 radical (unpaired) electrons. The zero-order valence-electron chi connectivity index (χ0n) is 8.32. The van der Waals surface area contributed by atoms with Gasteiger partial charge in [0, 0.05) is 13.1 Å². The number of aryl methyl sites for hydroxylation is 1. The SMILES string of the molecule is CC1CC1NC(=O)c1c(N)cnn1C. The molecule has 1 aliphatic rings. The molecule has 1 saturated carbocycles. The Morgan fingerprint density at radius 2 is 2.43 bits per heavy atom. The fourth-order valence-corrected chi connectivity index (χ4v) is 1.49. The number of nitrogens with zero attached hydrogens (tertiary/aromatic N) is 2. The summed E-state index contributed by atoms with van der Waals surface area (Å²) in [6, 6.07) is 0.316. The van der Waals surface area contributed by atoms with Crippen LogP contribution in [0.15, 0.2) is 6.20 Å². The molecule has 3 N–H and O–H groups in total. The first-order chi connectivity index (χ1) is 6.59. The van der Waals surface area contributed by atoms with E-state index in [1.165, 1.54) is 10.9 Å². The van der Waals surface area contributed by atoms with Crippen LogP contribution in [0.25, 0.3) is 0 Å². The highest BCUT2D eigenvalue weighted by Gasteiger charge is 2.34. The second-order valence-electron chi connectivity index (χ2n) is 3.87. The number of aromatic nitrogens is 2. The first-order valence-electron chi connectivity index (χ1n) is 4.68. The molecule has 0 saturated heterocycles. The van der Waals surface area contributed by atoms with Crippen LogP contribution in [0, 0.1) is 5.92 Å². The summed E-state index contributed by atoms with van der Waals surface area (Å²) in [6.45, 7) is 2.11. The molecule has 2 unspecified atom stereocenters. The van der Waals surface area contributed by atoms with Crippen LogP contribution in [0.1, 0.15) is 23.8 Å². The van der Waals surface area contributed by atoms with Crippen molar-refractivity contribution in [1.82, 2.24) is 15.1 Å². The first kappa shape index (κ1) is 9.05. The molecule has 5 nitrogen and oxygen atoms in total. The lowest BCUT2D eigenvalue weighted by atomic mass is 10.3. The van der Waals surface area contributed by atoms with Gasteiger partial charge in [0.15, 0.2) is 0 Å². The molecule has 0 bridgehead atoms. The highest BCUT2D eigenvalue weighted by atomic mass is 16.2. The molecule has 0 spiro atoms. The number of hydrogen-bond acceptors (Lipinski definition) is 3. The molecule has 76 valence electrons. The Hall–Kier alpha value is -1.52. The average molecular weight is 194 g/mol. The number of anilines is 1. The van der Waals surface area contributed by atoms with Crippen molar-refractivity contribution in [3.05, 3.63) is 11.9 Å². The van der Waals surface area contributed by atoms with Gasteiger partial charge >= 0.3 is 0 Å². The molecule has 1 fully saturated rings. The van der Waals surface area contributed by atoms with Gasteiger partial charge in [-0.05, 0) is 12.3 Å². The number of amides is 1. The molecule has 5 heteroatoms. The number of hydrogen-bond donors (Lipinski definition) is 2. The van der Waals surface area contributed by atoms with Gasteiger partial charge in [0.1, 0.15) is 5.69 Å². The minimum absolute atomic E-state index is 0.128. The Bertz CT molecular complexity index is 351. The minimum atomic E-state index is -0.128. The molecular formula is C9H14N4O. The predicted octanol–water partition coefficient (Wildman–Crippen LogP) is 0.140. The Morgan fingerprint density at radius 1 is 1.79 bits per heavy atom. The lowest BCUT2D eigenvalue weighted by Crippen LogP contribution is -2.29. The topological polar surface area (TPSA) is 72.9 Å². The molecule has 1 aromatic rings. The van der Waals surface area contributed by atoms with Crippen molar-refractivity contribution in [3.8, 4) is 0 Å². The van der Waals surface area contributed by atoms with Crippen LogP contribution in [-0.2, 0) is 7.05 Å². The van der Waals surface area contributed by atoms with Crippen LogP contribution in [0.3, 0.4) is 0 Å². The molecule has 1 amide bonds. The van der Waals surface area contributed by atoms with E-state index in [1.54, 1.807) is 7.05 Å². The highest BCUT2D eigenvalue weighted by Crippen LogP contribution is 2.29. The third kappa shape index (κ3) is 1.45. The molecule has 1 heterocycles. The minimum Gasteiger partial charge on any atom is -0.396 e. The zero-order valence-corrected chi connectivity index (χ0v) is 8.32. The maximum absolute atomic E-state index is 11.7. The summed E-state index contributed by atoms with van der Waals surface area (Å²) in [5, 5.41) is 6.82.